The quantitative estimate of drug-likeness (QED) is 0.0183. The molecule has 1 amide bonds. The van der Waals surface area contributed by atoms with Crippen LogP contribution in [0.3, 0.4) is 0 Å². The summed E-state index contributed by atoms with van der Waals surface area (Å²) in [6.07, 6.45) is 16.8. The zero-order valence-corrected chi connectivity index (χ0v) is 51.0. The molecule has 2 aromatic heterocycles. The summed E-state index contributed by atoms with van der Waals surface area (Å²) in [6, 6.07) is 21.1. The van der Waals surface area contributed by atoms with Crippen molar-refractivity contribution in [2.24, 2.45) is 0 Å². The van der Waals surface area contributed by atoms with E-state index < -0.39 is 0 Å². The molecule has 18 nitrogen and oxygen atoms in total. The van der Waals surface area contributed by atoms with Crippen LogP contribution >= 0.6 is 11.8 Å². The summed E-state index contributed by atoms with van der Waals surface area (Å²) in [7, 11) is 0. The lowest BCUT2D eigenvalue weighted by molar-refractivity contribution is -0.119. The van der Waals surface area contributed by atoms with E-state index in [-0.39, 0.29) is 36.2 Å². The second-order valence-electron chi connectivity index (χ2n) is 21.2. The van der Waals surface area contributed by atoms with E-state index in [1.54, 1.807) is 0 Å². The summed E-state index contributed by atoms with van der Waals surface area (Å²) in [5, 5.41) is 16.4. The van der Waals surface area contributed by atoms with Crippen LogP contribution in [0.2, 0.25) is 0 Å². The summed E-state index contributed by atoms with van der Waals surface area (Å²) < 4.78 is 27.3. The van der Waals surface area contributed by atoms with Crippen LogP contribution in [0.15, 0.2) is 60.7 Å². The Kier molecular flexibility index (Phi) is 26.2. The molecule has 0 unspecified atom stereocenters. The number of hydrogen-bond donors (Lipinski definition) is 7. The first-order chi connectivity index (χ1) is 40.6. The number of hydrogen-bond acceptors (Lipinski definition) is 18. The van der Waals surface area contributed by atoms with Gasteiger partial charge in [-0.25, -0.2) is 0 Å². The number of thioether (sulfide) groups is 1. The fourth-order valence-electron chi connectivity index (χ4n) is 9.95. The second-order valence-corrected chi connectivity index (χ2v) is 22.4. The maximum Gasteiger partial charge on any atom is 0.239 e. The normalized spacial score (nSPS) is 11.9. The summed E-state index contributed by atoms with van der Waals surface area (Å²) in [6.45, 7) is 16.3. The molecule has 0 radical (unpaired) electrons. The highest BCUT2D eigenvalue weighted by molar-refractivity contribution is 7.99. The zero-order valence-electron chi connectivity index (χ0n) is 50.2. The van der Waals surface area contributed by atoms with Crippen molar-refractivity contribution in [1.29, 1.82) is 0 Å². The molecule has 448 valence electrons. The van der Waals surface area contributed by atoms with Crippen LogP contribution in [0.4, 0.5) is 47.1 Å². The first-order valence-corrected chi connectivity index (χ1v) is 31.7. The minimum Gasteiger partial charge on any atom is -0.493 e. The van der Waals surface area contributed by atoms with Crippen LogP contribution in [0.1, 0.15) is 176 Å². The van der Waals surface area contributed by atoms with Gasteiger partial charge in [0.25, 0.3) is 0 Å². The Labute approximate surface area is 497 Å². The van der Waals surface area contributed by atoms with E-state index in [0.717, 1.165) is 130 Å². The largest absolute Gasteiger partial charge is 0.493 e. The molecule has 0 atom stereocenters. The van der Waals surface area contributed by atoms with Gasteiger partial charge in [-0.1, -0.05) is 116 Å². The van der Waals surface area contributed by atoms with Gasteiger partial charge < -0.3 is 57.0 Å². The lowest BCUT2D eigenvalue weighted by Crippen LogP contribution is -2.31. The lowest BCUT2D eigenvalue weighted by Gasteiger charge is -2.24. The fourth-order valence-corrected chi connectivity index (χ4v) is 11.0. The molecular weight excluding hydrogens is 1060 g/mol. The molecule has 0 spiro atoms. The van der Waals surface area contributed by atoms with Gasteiger partial charge in [-0.2, -0.15) is 41.7 Å². The van der Waals surface area contributed by atoms with E-state index in [2.05, 4.69) is 160 Å². The van der Waals surface area contributed by atoms with Crippen molar-refractivity contribution in [1.82, 2.24) is 35.2 Å². The molecule has 0 aliphatic heterocycles. The van der Waals surface area contributed by atoms with Crippen molar-refractivity contribution in [2.45, 2.75) is 157 Å². The number of anilines is 8. The molecule has 8 bridgehead atoms. The number of benzene rings is 4. The molecule has 19 heteroatoms. The Morgan fingerprint density at radius 1 is 0.446 bits per heavy atom. The number of fused-ring (bicyclic) bond motifs is 8. The number of nitrogens with two attached hydrogens (primary N) is 2. The van der Waals surface area contributed by atoms with Gasteiger partial charge in [0.05, 0.1) is 33.0 Å². The zero-order chi connectivity index (χ0) is 58.6. The van der Waals surface area contributed by atoms with Crippen LogP contribution in [0.25, 0.3) is 0 Å². The molecular formula is C64H91N13O5S. The number of aromatic nitrogens is 6. The SMILES string of the molecule is CCCCCCSCCCCCCNC(=O)CNc1nc(N)nc(Nc2cc3c(OCCC)c(c2)Cc2cccc(c2OCCC)Cc2cc(Nc4nc(N)nc(NCCCC)n4)cc(c2OCCC)Cc2cccc(c2OCCC)C3)n1. The number of amides is 1. The van der Waals surface area contributed by atoms with E-state index in [4.69, 9.17) is 40.4 Å². The van der Waals surface area contributed by atoms with E-state index in [0.29, 0.717) is 77.1 Å². The fraction of sp³-hybridized carbons (Fsp3) is 0.516. The van der Waals surface area contributed by atoms with Crippen molar-refractivity contribution in [3.63, 3.8) is 0 Å². The maximum absolute atomic E-state index is 13.0. The van der Waals surface area contributed by atoms with Gasteiger partial charge in [0.2, 0.25) is 41.6 Å². The Hall–Kier alpha value is -7.28. The van der Waals surface area contributed by atoms with Gasteiger partial charge in [0.15, 0.2) is 0 Å². The molecule has 0 saturated carbocycles. The average molecular weight is 1150 g/mol. The van der Waals surface area contributed by atoms with Gasteiger partial charge in [-0.05, 0) is 109 Å². The van der Waals surface area contributed by atoms with Crippen molar-refractivity contribution in [2.75, 3.05) is 90.3 Å². The number of unbranched alkanes of at least 4 members (excludes halogenated alkanes) is 7. The van der Waals surface area contributed by atoms with Crippen LogP contribution in [0, 0.1) is 0 Å². The molecule has 9 N–H and O–H groups in total. The maximum atomic E-state index is 13.0. The Morgan fingerprint density at radius 2 is 0.831 bits per heavy atom. The monoisotopic (exact) mass is 1150 g/mol. The van der Waals surface area contributed by atoms with Crippen molar-refractivity contribution >= 4 is 64.7 Å². The number of carbonyl (C=O) groups is 1. The van der Waals surface area contributed by atoms with Gasteiger partial charge in [0, 0.05) is 72.4 Å². The Morgan fingerprint density at radius 3 is 1.25 bits per heavy atom. The van der Waals surface area contributed by atoms with Gasteiger partial charge >= 0.3 is 0 Å². The number of ether oxygens (including phenoxy) is 4. The molecule has 6 aromatic rings. The Balaban J connectivity index is 1.24. The third-order valence-corrected chi connectivity index (χ3v) is 15.0. The molecule has 1 aliphatic rings. The van der Waals surface area contributed by atoms with Crippen LogP contribution in [-0.2, 0) is 30.5 Å². The molecule has 1 aliphatic carbocycles. The molecule has 7 rings (SSSR count). The van der Waals surface area contributed by atoms with Crippen molar-refractivity contribution in [3.8, 4) is 23.0 Å². The number of para-hydroxylation sites is 2. The summed E-state index contributed by atoms with van der Waals surface area (Å²) >= 11 is 2.06. The number of nitrogens with one attached hydrogen (secondary N) is 5. The standard InChI is InChI=1S/C64H91N13O5S/c1-7-13-15-19-33-83-34-20-17-16-18-28-67-54(78)43-69-62-73-60(66)75-64(77-62)71-53-41-50-37-46-25-21-23-44(55(46)79-29-9-3)35-48-39-52(70-63-74-59(65)72-61(76-63)68-27-14-8-2)40-49(57(48)81-31-11-5)36-45-24-22-26-47(56(45)80-30-10-4)38-51(42-53)58(50)82-32-12-6/h21-26,39-42H,7-20,27-38,43H2,1-6H3,(H,67,78)(H4,65,68,70,72,74,76)(H4,66,69,71,73,75,77). The molecule has 4 aromatic carbocycles. The topological polar surface area (TPSA) is 244 Å². The predicted molar refractivity (Wildman–Crippen MR) is 340 cm³/mol. The molecule has 0 fully saturated rings. The average Bonchev–Trinajstić information content (AvgIpc) is 3.59. The lowest BCUT2D eigenvalue weighted by atomic mass is 9.90. The minimum atomic E-state index is -0.145. The minimum absolute atomic E-state index is 0.00834. The highest BCUT2D eigenvalue weighted by atomic mass is 32.2. The van der Waals surface area contributed by atoms with Crippen LogP contribution in [0.5, 0.6) is 23.0 Å². The van der Waals surface area contributed by atoms with Crippen LogP contribution < -0.4 is 57.0 Å². The van der Waals surface area contributed by atoms with Gasteiger partial charge in [-0.3, -0.25) is 4.79 Å². The second kappa shape index (κ2) is 34.4. The van der Waals surface area contributed by atoms with Crippen molar-refractivity contribution in [3.05, 3.63) is 105 Å². The number of carbonyl (C=O) groups excluding carboxylic acids is 1. The predicted octanol–water partition coefficient (Wildman–Crippen LogP) is 13.2. The third kappa shape index (κ3) is 20.0. The first-order valence-electron chi connectivity index (χ1n) is 30.5. The molecule has 0 saturated heterocycles. The smallest absolute Gasteiger partial charge is 0.239 e. The van der Waals surface area contributed by atoms with Crippen molar-refractivity contribution < 1.29 is 23.7 Å². The van der Waals surface area contributed by atoms with E-state index in [9.17, 15) is 4.79 Å². The van der Waals surface area contributed by atoms with Gasteiger partial charge in [0.1, 0.15) is 23.0 Å². The molecule has 2 heterocycles. The molecule has 83 heavy (non-hydrogen) atoms. The summed E-state index contributed by atoms with van der Waals surface area (Å²) in [5.41, 5.74) is 21.9. The van der Waals surface area contributed by atoms with E-state index in [1.165, 1.54) is 50.0 Å². The first kappa shape index (κ1) is 63.3. The summed E-state index contributed by atoms with van der Waals surface area (Å²) in [4.78, 5) is 40.1. The summed E-state index contributed by atoms with van der Waals surface area (Å²) in [5.74, 6) is 6.81. The van der Waals surface area contributed by atoms with E-state index in [1.807, 2.05) is 0 Å². The highest BCUT2D eigenvalue weighted by Crippen LogP contribution is 2.42. The highest BCUT2D eigenvalue weighted by Gasteiger charge is 2.24. The number of rotatable bonds is 35. The van der Waals surface area contributed by atoms with Crippen LogP contribution in [-0.4, -0.2) is 93.4 Å². The van der Waals surface area contributed by atoms with E-state index >= 15 is 0 Å². The number of nitrogens with zero attached hydrogens (tertiary/aromatic N) is 6. The number of nitrogen functional groups attached to an aromatic ring is 2. The Bertz CT molecular complexity index is 2880. The third-order valence-electron chi connectivity index (χ3n) is 13.9. The van der Waals surface area contributed by atoms with Gasteiger partial charge in [-0.15, -0.1) is 0 Å².